The second-order valence-electron chi connectivity index (χ2n) is 3.18. The summed E-state index contributed by atoms with van der Waals surface area (Å²) in [5, 5.41) is 9.41. The molecule has 0 saturated carbocycles. The Morgan fingerprint density at radius 1 is 0.800 bits per heavy atom. The van der Waals surface area contributed by atoms with Gasteiger partial charge in [0.15, 0.2) is 0 Å². The summed E-state index contributed by atoms with van der Waals surface area (Å²) >= 11 is 0. The van der Waals surface area contributed by atoms with Crippen molar-refractivity contribution in [2.75, 3.05) is 0 Å². The minimum absolute atomic E-state index is 1.18. The Labute approximate surface area is 113 Å². The lowest BCUT2D eigenvalue weighted by atomic mass is 10.7. The largest absolute Gasteiger partial charge is 0.475 e. The molecule has 0 heterocycles. The lowest BCUT2D eigenvalue weighted by molar-refractivity contribution is 0.0481. The lowest BCUT2D eigenvalue weighted by Crippen LogP contribution is -2.14. The van der Waals surface area contributed by atoms with E-state index in [4.69, 9.17) is 30.2 Å². The second kappa shape index (κ2) is 9.03. The van der Waals surface area contributed by atoms with Gasteiger partial charge in [0.2, 0.25) is 0 Å². The summed E-state index contributed by atoms with van der Waals surface area (Å²) in [7, 11) is -4.27. The molecule has 13 nitrogen and oxygen atoms in total. The minimum atomic E-state index is -4.27. The predicted molar refractivity (Wildman–Crippen MR) is 66.7 cm³/mol. The van der Waals surface area contributed by atoms with Gasteiger partial charge in [0.25, 0.3) is 0 Å². The Hall–Kier alpha value is -1.96. The van der Waals surface area contributed by atoms with E-state index in [9.17, 15) is 4.57 Å². The van der Waals surface area contributed by atoms with Gasteiger partial charge in [-0.1, -0.05) is 15.3 Å². The lowest BCUT2D eigenvalue weighted by Gasteiger charge is -2.22. The van der Waals surface area contributed by atoms with Gasteiger partial charge in [-0.15, -0.1) is 0 Å². The van der Waals surface area contributed by atoms with Crippen LogP contribution >= 0.6 is 7.82 Å². The summed E-state index contributed by atoms with van der Waals surface area (Å²) in [6.45, 7) is 3.86. The third-order valence-electron chi connectivity index (χ3n) is 1.49. The highest BCUT2D eigenvalue weighted by Gasteiger charge is 2.33. The molecule has 0 aromatic carbocycles. The van der Waals surface area contributed by atoms with Crippen LogP contribution in [0.25, 0.3) is 31.3 Å². The van der Waals surface area contributed by atoms with Crippen LogP contribution in [0.2, 0.25) is 0 Å². The highest BCUT2D eigenvalue weighted by atomic mass is 31.2. The van der Waals surface area contributed by atoms with E-state index < -0.39 is 26.5 Å². The average molecular weight is 305 g/mol. The molecular weight excluding hydrogens is 293 g/mol. The van der Waals surface area contributed by atoms with Crippen LogP contribution in [0.3, 0.4) is 0 Å². The summed E-state index contributed by atoms with van der Waals surface area (Å²) in [6.07, 6.45) is -3.54. The van der Waals surface area contributed by atoms with Gasteiger partial charge in [-0.2, -0.15) is 0 Å². The summed E-state index contributed by atoms with van der Waals surface area (Å²) in [4.78, 5) is 7.36. The van der Waals surface area contributed by atoms with Crippen LogP contribution in [0.1, 0.15) is 20.8 Å². The summed E-state index contributed by atoms with van der Waals surface area (Å²) in [5.41, 5.74) is 24.7. The van der Waals surface area contributed by atoms with Crippen molar-refractivity contribution in [2.45, 2.75) is 39.5 Å². The van der Waals surface area contributed by atoms with Crippen LogP contribution in [0.4, 0.5) is 0 Å². The van der Waals surface area contributed by atoms with E-state index in [1.165, 1.54) is 20.8 Å². The molecule has 20 heavy (non-hydrogen) atoms. The molecule has 0 N–H and O–H groups in total. The molecule has 0 fully saturated rings. The molecule has 0 aliphatic rings. The molecule has 0 amide bonds. The molecule has 110 valence electrons. The maximum Gasteiger partial charge on any atom is 0.475 e. The fraction of sp³-hybridized carbons (Fsp3) is 1.00. The third kappa shape index (κ3) is 7.47. The zero-order valence-electron chi connectivity index (χ0n) is 10.8. The number of hydrogen-bond acceptors (Lipinski definition) is 7. The first-order chi connectivity index (χ1) is 9.36. The summed E-state index contributed by atoms with van der Waals surface area (Å²) in [5.74, 6) is 0. The number of phosphoric ester groups is 1. The molecule has 0 aromatic heterocycles. The van der Waals surface area contributed by atoms with E-state index in [0.29, 0.717) is 0 Å². The van der Waals surface area contributed by atoms with E-state index in [1.54, 1.807) is 0 Å². The second-order valence-corrected chi connectivity index (χ2v) is 4.70. The van der Waals surface area contributed by atoms with Crippen LogP contribution in [-0.2, 0) is 18.1 Å². The number of azide groups is 3. The van der Waals surface area contributed by atoms with Gasteiger partial charge in [-0.3, -0.25) is 13.6 Å². The van der Waals surface area contributed by atoms with Crippen LogP contribution in [-0.4, -0.2) is 18.7 Å². The molecule has 0 aliphatic carbocycles. The van der Waals surface area contributed by atoms with Crippen molar-refractivity contribution < 1.29 is 18.1 Å². The van der Waals surface area contributed by atoms with Gasteiger partial charge in [0.05, 0.1) is 0 Å². The number of phosphoric acid groups is 1. The normalized spacial score (nSPS) is 17.4. The Bertz CT molecular complexity index is 435. The first kappa shape index (κ1) is 18.0. The zero-order chi connectivity index (χ0) is 15.6. The van der Waals surface area contributed by atoms with Gasteiger partial charge >= 0.3 is 7.82 Å². The quantitative estimate of drug-likeness (QED) is 0.268. The predicted octanol–water partition coefficient (Wildman–Crippen LogP) is 4.11. The maximum atomic E-state index is 12.3. The Kier molecular flexibility index (Phi) is 8.14. The molecule has 14 heteroatoms. The first-order valence-corrected chi connectivity index (χ1v) is 6.60. The third-order valence-corrected chi connectivity index (χ3v) is 3.18. The van der Waals surface area contributed by atoms with Crippen molar-refractivity contribution in [3.05, 3.63) is 31.3 Å². The van der Waals surface area contributed by atoms with E-state index in [-0.39, 0.29) is 0 Å². The SMILES string of the molecule is CC(N=[N+]=[N-])OP(=O)(OC(C)N=[N+]=[N-])OC(C)N=[N+]=[N-]. The van der Waals surface area contributed by atoms with Crippen molar-refractivity contribution in [1.29, 1.82) is 0 Å². The molecular formula is C6H12N9O4P. The number of nitrogens with zero attached hydrogens (tertiary/aromatic N) is 9. The van der Waals surface area contributed by atoms with Gasteiger partial charge in [-0.25, -0.2) is 4.57 Å². The van der Waals surface area contributed by atoms with Crippen LogP contribution < -0.4 is 0 Å². The van der Waals surface area contributed by atoms with E-state index in [1.807, 2.05) is 0 Å². The maximum absolute atomic E-state index is 12.3. The van der Waals surface area contributed by atoms with Gasteiger partial charge in [0, 0.05) is 14.7 Å². The van der Waals surface area contributed by atoms with E-state index >= 15 is 0 Å². The standard InChI is InChI=1S/C6H12N9O4P/c1-4(10-13-7)17-20(16,18-5(2)11-14-8)19-6(3)12-15-9/h4-6H,1-3H3. The molecule has 0 rings (SSSR count). The molecule has 0 aliphatic heterocycles. The molecule has 3 unspecified atom stereocenters. The van der Waals surface area contributed by atoms with E-state index in [0.717, 1.165) is 0 Å². The summed E-state index contributed by atoms with van der Waals surface area (Å²) < 4.78 is 26.8. The van der Waals surface area contributed by atoms with Crippen LogP contribution in [0.15, 0.2) is 15.3 Å². The molecule has 0 spiro atoms. The highest BCUT2D eigenvalue weighted by Crippen LogP contribution is 2.53. The zero-order valence-corrected chi connectivity index (χ0v) is 11.7. The molecule has 0 aromatic rings. The fourth-order valence-electron chi connectivity index (χ4n) is 0.916. The smallest absolute Gasteiger partial charge is 0.278 e. The number of hydrogen-bond donors (Lipinski definition) is 0. The van der Waals surface area contributed by atoms with Crippen molar-refractivity contribution in [3.8, 4) is 0 Å². The Balaban J connectivity index is 5.09. The monoisotopic (exact) mass is 305 g/mol. The Morgan fingerprint density at radius 2 is 1.05 bits per heavy atom. The van der Waals surface area contributed by atoms with Gasteiger partial charge in [-0.05, 0) is 37.4 Å². The highest BCUT2D eigenvalue weighted by molar-refractivity contribution is 7.48. The molecule has 0 radical (unpaired) electrons. The van der Waals surface area contributed by atoms with Crippen molar-refractivity contribution in [1.82, 2.24) is 0 Å². The Morgan fingerprint density at radius 3 is 1.25 bits per heavy atom. The van der Waals surface area contributed by atoms with Crippen molar-refractivity contribution >= 4 is 7.82 Å². The fourth-order valence-corrected chi connectivity index (χ4v) is 2.31. The van der Waals surface area contributed by atoms with Gasteiger partial charge < -0.3 is 0 Å². The average Bonchev–Trinajstić information content (AvgIpc) is 2.28. The molecule has 0 bridgehead atoms. The minimum Gasteiger partial charge on any atom is -0.278 e. The topological polar surface area (TPSA) is 191 Å². The number of rotatable bonds is 9. The van der Waals surface area contributed by atoms with Crippen molar-refractivity contribution in [3.63, 3.8) is 0 Å². The van der Waals surface area contributed by atoms with Gasteiger partial charge in [0.1, 0.15) is 18.7 Å². The van der Waals surface area contributed by atoms with Crippen LogP contribution in [0.5, 0.6) is 0 Å². The van der Waals surface area contributed by atoms with Crippen molar-refractivity contribution in [2.24, 2.45) is 15.3 Å². The van der Waals surface area contributed by atoms with Crippen LogP contribution in [0, 0.1) is 0 Å². The molecule has 0 saturated heterocycles. The first-order valence-electron chi connectivity index (χ1n) is 5.14. The summed E-state index contributed by atoms with van der Waals surface area (Å²) in [6, 6.07) is 0. The molecule has 3 atom stereocenters. The van der Waals surface area contributed by atoms with E-state index in [2.05, 4.69) is 30.1 Å².